The number of rotatable bonds is 6. The molecular formula is C53H41N3. The van der Waals surface area contributed by atoms with Gasteiger partial charge in [-0.25, -0.2) is 0 Å². The molecule has 0 radical (unpaired) electrons. The maximum atomic E-state index is 4.06. The van der Waals surface area contributed by atoms with E-state index in [9.17, 15) is 0 Å². The summed E-state index contributed by atoms with van der Waals surface area (Å²) in [6, 6.07) is 55.3. The molecule has 6 aromatic carbocycles. The molecule has 0 amide bonds. The van der Waals surface area contributed by atoms with Crippen molar-refractivity contribution in [3.8, 4) is 16.8 Å². The molecule has 1 aliphatic heterocycles. The van der Waals surface area contributed by atoms with Crippen LogP contribution in [-0.4, -0.2) is 15.2 Å². The minimum Gasteiger partial charge on any atom is -0.378 e. The second-order valence-corrected chi connectivity index (χ2v) is 15.3. The van der Waals surface area contributed by atoms with Crippen LogP contribution in [0, 0.1) is 5.92 Å². The van der Waals surface area contributed by atoms with Gasteiger partial charge < -0.3 is 14.5 Å². The summed E-state index contributed by atoms with van der Waals surface area (Å²) in [7, 11) is 0. The molecule has 0 spiro atoms. The summed E-state index contributed by atoms with van der Waals surface area (Å²) >= 11 is 0. The normalized spacial score (nSPS) is 17.8. The van der Waals surface area contributed by atoms with E-state index < -0.39 is 0 Å². The van der Waals surface area contributed by atoms with E-state index in [-0.39, 0.29) is 12.0 Å². The van der Waals surface area contributed by atoms with Gasteiger partial charge in [-0.1, -0.05) is 146 Å². The van der Waals surface area contributed by atoms with Crippen LogP contribution in [0.5, 0.6) is 0 Å². The van der Waals surface area contributed by atoms with Gasteiger partial charge in [0.05, 0.1) is 22.6 Å². The summed E-state index contributed by atoms with van der Waals surface area (Å²) in [5.41, 5.74) is 16.1. The first kappa shape index (κ1) is 32.6. The minimum absolute atomic E-state index is 0.0869. The maximum Gasteiger partial charge on any atom is 0.0541 e. The second kappa shape index (κ2) is 13.5. The molecule has 3 nitrogen and oxygen atoms in total. The topological polar surface area (TPSA) is 21.9 Å². The van der Waals surface area contributed by atoms with E-state index in [4.69, 9.17) is 0 Å². The van der Waals surface area contributed by atoms with Crippen molar-refractivity contribution in [1.29, 1.82) is 0 Å². The third-order valence-corrected chi connectivity index (χ3v) is 12.0. The maximum absolute atomic E-state index is 4.06. The number of aromatic nitrogens is 2. The van der Waals surface area contributed by atoms with E-state index in [0.29, 0.717) is 0 Å². The molecule has 2 aromatic heterocycles. The molecule has 2 unspecified atom stereocenters. The Morgan fingerprint density at radius 2 is 1.16 bits per heavy atom. The van der Waals surface area contributed by atoms with E-state index in [1.807, 2.05) is 0 Å². The lowest BCUT2D eigenvalue weighted by molar-refractivity contribution is 0.529. The fourth-order valence-corrected chi connectivity index (χ4v) is 9.29. The van der Waals surface area contributed by atoms with Crippen molar-refractivity contribution in [2.24, 2.45) is 5.92 Å². The number of hydrogen-bond donors (Lipinski definition) is 1. The zero-order chi connectivity index (χ0) is 37.0. The smallest absolute Gasteiger partial charge is 0.0541 e. The van der Waals surface area contributed by atoms with Crippen molar-refractivity contribution in [2.45, 2.75) is 25.3 Å². The molecule has 8 aromatic rings. The van der Waals surface area contributed by atoms with Gasteiger partial charge in [-0.05, 0) is 101 Å². The lowest BCUT2D eigenvalue weighted by Gasteiger charge is -2.32. The van der Waals surface area contributed by atoms with E-state index in [1.54, 1.807) is 0 Å². The highest BCUT2D eigenvalue weighted by Gasteiger charge is 2.27. The second-order valence-electron chi connectivity index (χ2n) is 15.3. The van der Waals surface area contributed by atoms with Crippen molar-refractivity contribution in [3.05, 3.63) is 210 Å². The first-order chi connectivity index (χ1) is 27.8. The zero-order valence-electron chi connectivity index (χ0n) is 31.1. The molecule has 3 heterocycles. The summed E-state index contributed by atoms with van der Waals surface area (Å²) in [5, 5.41) is 7.97. The summed E-state index contributed by atoms with van der Waals surface area (Å²) in [6.45, 7) is 0. The molecule has 2 aliphatic carbocycles. The number of dihydropyridines is 1. The predicted octanol–water partition coefficient (Wildman–Crippen LogP) is 12.9. The Labute approximate surface area is 327 Å². The van der Waals surface area contributed by atoms with E-state index in [1.165, 1.54) is 77.5 Å². The average Bonchev–Trinajstić information content (AvgIpc) is 3.80. The van der Waals surface area contributed by atoms with Crippen molar-refractivity contribution in [3.63, 3.8) is 0 Å². The molecule has 0 fully saturated rings. The van der Waals surface area contributed by atoms with Crippen molar-refractivity contribution in [1.82, 2.24) is 14.5 Å². The Morgan fingerprint density at radius 3 is 1.93 bits per heavy atom. The van der Waals surface area contributed by atoms with Gasteiger partial charge >= 0.3 is 0 Å². The van der Waals surface area contributed by atoms with Gasteiger partial charge in [-0.3, -0.25) is 0 Å². The third kappa shape index (κ3) is 5.50. The summed E-state index contributed by atoms with van der Waals surface area (Å²) in [5.74, 6) is 0.252. The van der Waals surface area contributed by atoms with Crippen molar-refractivity contribution < 1.29 is 0 Å². The van der Waals surface area contributed by atoms with Crippen LogP contribution >= 0.6 is 0 Å². The fourth-order valence-electron chi connectivity index (χ4n) is 9.29. The molecule has 268 valence electrons. The number of fused-ring (bicyclic) bond motifs is 6. The molecule has 3 heteroatoms. The molecule has 2 atom stereocenters. The number of aryl methyl sites for hydroxylation is 1. The molecule has 56 heavy (non-hydrogen) atoms. The van der Waals surface area contributed by atoms with Crippen LogP contribution in [0.2, 0.25) is 0 Å². The SMILES string of the molecule is C1=Cc2c(c3ccccc3n2C2=CC(C3C=C(c4ccc(-c5ccccc5)cc4)C=C(c4cccc(-n5c6ccccc6c6ccccc65)c4)N3)CC=C2)CC1. The Bertz CT molecular complexity index is 2910. The van der Waals surface area contributed by atoms with E-state index in [0.717, 1.165) is 30.6 Å². The number of nitrogens with zero attached hydrogens (tertiary/aromatic N) is 2. The Hall–Kier alpha value is -6.84. The van der Waals surface area contributed by atoms with E-state index >= 15 is 0 Å². The van der Waals surface area contributed by atoms with Crippen LogP contribution in [0.3, 0.4) is 0 Å². The van der Waals surface area contributed by atoms with Gasteiger partial charge in [-0.2, -0.15) is 0 Å². The molecule has 11 rings (SSSR count). The molecule has 3 aliphatic rings. The zero-order valence-corrected chi connectivity index (χ0v) is 31.1. The van der Waals surface area contributed by atoms with Crippen LogP contribution in [-0.2, 0) is 6.42 Å². The van der Waals surface area contributed by atoms with Gasteiger partial charge in [0.15, 0.2) is 0 Å². The Balaban J connectivity index is 1.02. The molecular weight excluding hydrogens is 679 g/mol. The van der Waals surface area contributed by atoms with Gasteiger partial charge in [0.25, 0.3) is 0 Å². The first-order valence-electron chi connectivity index (χ1n) is 19.9. The highest BCUT2D eigenvalue weighted by atomic mass is 15.0. The Morgan fingerprint density at radius 1 is 0.518 bits per heavy atom. The Kier molecular flexibility index (Phi) is 7.84. The van der Waals surface area contributed by atoms with Crippen molar-refractivity contribution >= 4 is 55.8 Å². The summed E-state index contributed by atoms with van der Waals surface area (Å²) in [6.07, 6.45) is 19.8. The molecule has 0 saturated heterocycles. The van der Waals surface area contributed by atoms with Crippen LogP contribution in [0.4, 0.5) is 0 Å². The summed E-state index contributed by atoms with van der Waals surface area (Å²) < 4.78 is 4.90. The van der Waals surface area contributed by atoms with Crippen LogP contribution < -0.4 is 5.32 Å². The highest BCUT2D eigenvalue weighted by Crippen LogP contribution is 2.39. The average molecular weight is 720 g/mol. The largest absolute Gasteiger partial charge is 0.378 e. The first-order valence-corrected chi connectivity index (χ1v) is 19.9. The highest BCUT2D eigenvalue weighted by molar-refractivity contribution is 6.09. The standard InChI is InChI=1S/C53H41N3/c1-2-14-36(15-3-1)37-28-30-38(31-29-37)41-34-48(39-16-12-18-42(32-39)55-50-24-8-4-20-44(50)45-21-5-9-25-51(45)55)54-49(35-41)40-17-13-19-43(33-40)56-52-26-10-6-22-46(52)47-23-7-11-27-53(47)56/h1-6,8-16,18-22,24-35,40,49,54H,7,17,23H2. The third-order valence-electron chi connectivity index (χ3n) is 12.0. The van der Waals surface area contributed by atoms with Crippen LogP contribution in [0.25, 0.3) is 72.6 Å². The monoisotopic (exact) mass is 719 g/mol. The van der Waals surface area contributed by atoms with Gasteiger partial charge in [0.2, 0.25) is 0 Å². The van der Waals surface area contributed by atoms with E-state index in [2.05, 4.69) is 209 Å². The van der Waals surface area contributed by atoms with Crippen LogP contribution in [0.1, 0.15) is 35.2 Å². The number of para-hydroxylation sites is 3. The molecule has 0 bridgehead atoms. The number of allylic oxidation sites excluding steroid dienone is 6. The van der Waals surface area contributed by atoms with Crippen molar-refractivity contribution in [2.75, 3.05) is 0 Å². The number of nitrogens with one attached hydrogen (secondary N) is 1. The lowest BCUT2D eigenvalue weighted by Crippen LogP contribution is -2.35. The quantitative estimate of drug-likeness (QED) is 0.182. The minimum atomic E-state index is 0.0869. The molecule has 0 saturated carbocycles. The predicted molar refractivity (Wildman–Crippen MR) is 236 cm³/mol. The van der Waals surface area contributed by atoms with Gasteiger partial charge in [0, 0.05) is 44.9 Å². The number of hydrogen-bond acceptors (Lipinski definition) is 1. The summed E-state index contributed by atoms with van der Waals surface area (Å²) in [4.78, 5) is 0. The number of benzene rings is 6. The fraction of sp³-hybridized carbons (Fsp3) is 0.0943. The molecule has 1 N–H and O–H groups in total. The van der Waals surface area contributed by atoms with Gasteiger partial charge in [-0.15, -0.1) is 0 Å². The van der Waals surface area contributed by atoms with Gasteiger partial charge in [0.1, 0.15) is 0 Å². The van der Waals surface area contributed by atoms with Crippen LogP contribution in [0.15, 0.2) is 188 Å². The lowest BCUT2D eigenvalue weighted by atomic mass is 9.86.